The molecule has 0 aliphatic carbocycles. The molecule has 1 aromatic rings. The number of nitrogens with zero attached hydrogens (tertiary/aromatic N) is 1. The highest BCUT2D eigenvalue weighted by Crippen LogP contribution is 2.26. The van der Waals surface area contributed by atoms with Gasteiger partial charge in [-0.2, -0.15) is 0 Å². The summed E-state index contributed by atoms with van der Waals surface area (Å²) < 4.78 is 0. The number of nitrogens with two attached hydrogens (primary N) is 1. The van der Waals surface area contributed by atoms with Gasteiger partial charge in [-0.3, -0.25) is 0 Å². The van der Waals surface area contributed by atoms with E-state index in [-0.39, 0.29) is 11.5 Å². The quantitative estimate of drug-likeness (QED) is 0.866. The van der Waals surface area contributed by atoms with E-state index in [0.717, 1.165) is 26.1 Å². The van der Waals surface area contributed by atoms with Crippen molar-refractivity contribution in [3.8, 4) is 0 Å². The number of hydrogen-bond acceptors (Lipinski definition) is 3. The van der Waals surface area contributed by atoms with Crippen molar-refractivity contribution in [2.75, 3.05) is 26.2 Å². The highest BCUT2D eigenvalue weighted by Gasteiger charge is 2.31. The standard InChI is InChI=1S/C16H26N2O/c1-13-10-18(9-8-15(13)19)12-16(2,11-17)14-6-4-3-5-7-14/h3-7,13,15,19H,8-12,17H2,1-2H3. The number of benzene rings is 1. The van der Waals surface area contributed by atoms with Crippen molar-refractivity contribution in [1.82, 2.24) is 4.90 Å². The maximum atomic E-state index is 9.82. The second-order valence-corrected chi connectivity index (χ2v) is 6.20. The molecule has 0 saturated carbocycles. The molecule has 2 rings (SSSR count). The lowest BCUT2D eigenvalue weighted by Crippen LogP contribution is -2.49. The van der Waals surface area contributed by atoms with Gasteiger partial charge in [-0.15, -0.1) is 0 Å². The Kier molecular flexibility index (Phi) is 4.61. The van der Waals surface area contributed by atoms with Crippen LogP contribution in [0.25, 0.3) is 0 Å². The Bertz CT molecular complexity index is 395. The summed E-state index contributed by atoms with van der Waals surface area (Å²) in [7, 11) is 0. The first kappa shape index (κ1) is 14.5. The van der Waals surface area contributed by atoms with Crippen molar-refractivity contribution in [2.24, 2.45) is 11.7 Å². The lowest BCUT2D eigenvalue weighted by Gasteiger charge is -2.40. The Morgan fingerprint density at radius 2 is 2.05 bits per heavy atom. The first-order valence-electron chi connectivity index (χ1n) is 7.21. The van der Waals surface area contributed by atoms with E-state index in [4.69, 9.17) is 5.73 Å². The zero-order valence-corrected chi connectivity index (χ0v) is 12.0. The van der Waals surface area contributed by atoms with E-state index in [0.29, 0.717) is 12.5 Å². The summed E-state index contributed by atoms with van der Waals surface area (Å²) in [4.78, 5) is 2.44. The first-order chi connectivity index (χ1) is 9.05. The van der Waals surface area contributed by atoms with E-state index < -0.39 is 0 Å². The van der Waals surface area contributed by atoms with Crippen LogP contribution in [0.15, 0.2) is 30.3 Å². The number of piperidine rings is 1. The summed E-state index contributed by atoms with van der Waals surface area (Å²) in [5.41, 5.74) is 7.33. The highest BCUT2D eigenvalue weighted by molar-refractivity contribution is 5.25. The van der Waals surface area contributed by atoms with E-state index in [1.165, 1.54) is 5.56 Å². The van der Waals surface area contributed by atoms with Crippen LogP contribution < -0.4 is 5.73 Å². The highest BCUT2D eigenvalue weighted by atomic mass is 16.3. The molecule has 3 nitrogen and oxygen atoms in total. The minimum atomic E-state index is -0.142. The fourth-order valence-corrected chi connectivity index (χ4v) is 2.97. The summed E-state index contributed by atoms with van der Waals surface area (Å²) >= 11 is 0. The van der Waals surface area contributed by atoms with Gasteiger partial charge in [0.15, 0.2) is 0 Å². The van der Waals surface area contributed by atoms with E-state index in [2.05, 4.69) is 43.0 Å². The minimum absolute atomic E-state index is 0.0106. The van der Waals surface area contributed by atoms with Crippen LogP contribution in [-0.4, -0.2) is 42.3 Å². The van der Waals surface area contributed by atoms with Gasteiger partial charge in [-0.1, -0.05) is 44.2 Å². The van der Waals surface area contributed by atoms with Crippen LogP contribution in [0.2, 0.25) is 0 Å². The Balaban J connectivity index is 2.07. The maximum Gasteiger partial charge on any atom is 0.0590 e. The molecule has 1 saturated heterocycles. The Hall–Kier alpha value is -0.900. The Labute approximate surface area is 116 Å². The van der Waals surface area contributed by atoms with Crippen LogP contribution in [0.4, 0.5) is 0 Å². The van der Waals surface area contributed by atoms with Crippen LogP contribution in [0, 0.1) is 5.92 Å². The maximum absolute atomic E-state index is 9.82. The second kappa shape index (κ2) is 6.04. The van der Waals surface area contributed by atoms with E-state index in [1.54, 1.807) is 0 Å². The average molecular weight is 262 g/mol. The van der Waals surface area contributed by atoms with E-state index in [9.17, 15) is 5.11 Å². The zero-order chi connectivity index (χ0) is 13.9. The molecule has 0 aromatic heterocycles. The molecule has 3 atom stereocenters. The molecule has 1 fully saturated rings. The van der Waals surface area contributed by atoms with Gasteiger partial charge < -0.3 is 15.7 Å². The van der Waals surface area contributed by atoms with Crippen LogP contribution in [-0.2, 0) is 5.41 Å². The van der Waals surface area contributed by atoms with E-state index >= 15 is 0 Å². The van der Waals surface area contributed by atoms with Gasteiger partial charge in [0, 0.05) is 31.6 Å². The molecule has 0 radical (unpaired) electrons. The molecule has 106 valence electrons. The van der Waals surface area contributed by atoms with Crippen LogP contribution in [0.3, 0.4) is 0 Å². The normalized spacial score (nSPS) is 28.0. The number of likely N-dealkylation sites (tertiary alicyclic amines) is 1. The van der Waals surface area contributed by atoms with Gasteiger partial charge in [0.05, 0.1) is 6.10 Å². The van der Waals surface area contributed by atoms with Crippen molar-refractivity contribution in [3.63, 3.8) is 0 Å². The van der Waals surface area contributed by atoms with Crippen LogP contribution in [0.5, 0.6) is 0 Å². The summed E-state index contributed by atoms with van der Waals surface area (Å²) in [5.74, 6) is 0.353. The van der Waals surface area contributed by atoms with Gasteiger partial charge in [0.1, 0.15) is 0 Å². The summed E-state index contributed by atoms with van der Waals surface area (Å²) in [6, 6.07) is 10.5. The third-order valence-electron chi connectivity index (χ3n) is 4.44. The van der Waals surface area contributed by atoms with Gasteiger partial charge in [-0.25, -0.2) is 0 Å². The third kappa shape index (κ3) is 3.35. The molecule has 1 aliphatic heterocycles. The molecule has 19 heavy (non-hydrogen) atoms. The van der Waals surface area contributed by atoms with Gasteiger partial charge in [-0.05, 0) is 17.9 Å². The second-order valence-electron chi connectivity index (χ2n) is 6.20. The lowest BCUT2D eigenvalue weighted by atomic mass is 9.81. The SMILES string of the molecule is CC1CN(CC(C)(CN)c2ccccc2)CCC1O. The fraction of sp³-hybridized carbons (Fsp3) is 0.625. The molecule has 1 aromatic carbocycles. The van der Waals surface area contributed by atoms with Crippen LogP contribution >= 0.6 is 0 Å². The average Bonchev–Trinajstić information content (AvgIpc) is 2.44. The van der Waals surface area contributed by atoms with Crippen LogP contribution in [0.1, 0.15) is 25.8 Å². The molecular formula is C16H26N2O. The fourth-order valence-electron chi connectivity index (χ4n) is 2.97. The smallest absolute Gasteiger partial charge is 0.0590 e. The first-order valence-corrected chi connectivity index (χ1v) is 7.21. The monoisotopic (exact) mass is 262 g/mol. The molecule has 1 heterocycles. The van der Waals surface area contributed by atoms with Gasteiger partial charge in [0.25, 0.3) is 0 Å². The molecular weight excluding hydrogens is 236 g/mol. The number of aliphatic hydroxyl groups excluding tert-OH is 1. The third-order valence-corrected chi connectivity index (χ3v) is 4.44. The zero-order valence-electron chi connectivity index (χ0n) is 12.0. The van der Waals surface area contributed by atoms with Crippen molar-refractivity contribution < 1.29 is 5.11 Å². The Morgan fingerprint density at radius 1 is 1.37 bits per heavy atom. The van der Waals surface area contributed by atoms with Crippen molar-refractivity contribution in [1.29, 1.82) is 0 Å². The van der Waals surface area contributed by atoms with Crippen molar-refractivity contribution >= 4 is 0 Å². The summed E-state index contributed by atoms with van der Waals surface area (Å²) in [6.45, 7) is 7.89. The topological polar surface area (TPSA) is 49.5 Å². The van der Waals surface area contributed by atoms with Crippen molar-refractivity contribution in [3.05, 3.63) is 35.9 Å². The van der Waals surface area contributed by atoms with Gasteiger partial charge >= 0.3 is 0 Å². The summed E-state index contributed by atoms with van der Waals surface area (Å²) in [5, 5.41) is 9.82. The predicted molar refractivity (Wildman–Crippen MR) is 79.1 cm³/mol. The summed E-state index contributed by atoms with van der Waals surface area (Å²) in [6.07, 6.45) is 0.730. The lowest BCUT2D eigenvalue weighted by molar-refractivity contribution is 0.0275. The van der Waals surface area contributed by atoms with Crippen molar-refractivity contribution in [2.45, 2.75) is 31.8 Å². The van der Waals surface area contributed by atoms with E-state index in [1.807, 2.05) is 6.07 Å². The molecule has 0 spiro atoms. The molecule has 3 unspecified atom stereocenters. The molecule has 3 N–H and O–H groups in total. The molecule has 0 amide bonds. The molecule has 3 heteroatoms. The predicted octanol–water partition coefficient (Wildman–Crippen LogP) is 1.61. The minimum Gasteiger partial charge on any atom is -0.393 e. The molecule has 0 bridgehead atoms. The van der Waals surface area contributed by atoms with Gasteiger partial charge in [0.2, 0.25) is 0 Å². The number of aliphatic hydroxyl groups is 1. The molecule has 1 aliphatic rings. The number of rotatable bonds is 4. The Morgan fingerprint density at radius 3 is 2.63 bits per heavy atom. The number of hydrogen-bond donors (Lipinski definition) is 2. The largest absolute Gasteiger partial charge is 0.393 e.